The lowest BCUT2D eigenvalue weighted by Crippen LogP contribution is -1.86. The molecule has 1 aromatic carbocycles. The molecule has 0 atom stereocenters. The summed E-state index contributed by atoms with van der Waals surface area (Å²) in [5.74, 6) is 0. The summed E-state index contributed by atoms with van der Waals surface area (Å²) in [6.45, 7) is 0.702. The molecule has 0 aliphatic rings. The number of rotatable bonds is 2. The van der Waals surface area contributed by atoms with Crippen molar-refractivity contribution in [3.05, 3.63) is 35.2 Å². The third kappa shape index (κ3) is 1.24. The van der Waals surface area contributed by atoms with E-state index in [1.165, 1.54) is 15.6 Å². The minimum atomic E-state index is 0.702. The zero-order valence-electron chi connectivity index (χ0n) is 6.91. The van der Waals surface area contributed by atoms with Crippen LogP contribution in [0.25, 0.3) is 10.1 Å². The Kier molecular flexibility index (Phi) is 2.11. The second-order valence-corrected chi connectivity index (χ2v) is 3.63. The van der Waals surface area contributed by atoms with Gasteiger partial charge in [-0.3, -0.25) is 0 Å². The molecule has 2 aromatic rings. The molecule has 2 rings (SSSR count). The fourth-order valence-corrected chi connectivity index (χ4v) is 2.17. The normalized spacial score (nSPS) is 10.8. The average Bonchev–Trinajstić information content (AvgIpc) is 2.53. The van der Waals surface area contributed by atoms with Crippen LogP contribution in [-0.2, 0) is 11.3 Å². The molecule has 2 heteroatoms. The Balaban J connectivity index is 2.57. The first-order valence-electron chi connectivity index (χ1n) is 3.86. The molecule has 0 radical (unpaired) electrons. The minimum absolute atomic E-state index is 0.702. The fraction of sp³-hybridized carbons (Fsp3) is 0.200. The highest BCUT2D eigenvalue weighted by molar-refractivity contribution is 7.17. The molecule has 62 valence electrons. The molecular weight excluding hydrogens is 168 g/mol. The van der Waals surface area contributed by atoms with E-state index in [0.717, 1.165) is 0 Å². The summed E-state index contributed by atoms with van der Waals surface area (Å²) < 4.78 is 6.45. The molecule has 0 unspecified atom stereocenters. The van der Waals surface area contributed by atoms with E-state index in [1.807, 2.05) is 0 Å². The van der Waals surface area contributed by atoms with Gasteiger partial charge in [-0.25, -0.2) is 0 Å². The Labute approximate surface area is 75.6 Å². The Hall–Kier alpha value is -0.860. The van der Waals surface area contributed by atoms with Gasteiger partial charge in [0.2, 0.25) is 0 Å². The van der Waals surface area contributed by atoms with Crippen LogP contribution in [0.4, 0.5) is 0 Å². The van der Waals surface area contributed by atoms with E-state index in [2.05, 4.69) is 29.6 Å². The SMILES string of the molecule is COCc1cccc2sccc12. The predicted molar refractivity (Wildman–Crippen MR) is 52.5 cm³/mol. The van der Waals surface area contributed by atoms with Crippen molar-refractivity contribution in [3.8, 4) is 0 Å². The molecule has 0 amide bonds. The van der Waals surface area contributed by atoms with Gasteiger partial charge in [0.1, 0.15) is 0 Å². The van der Waals surface area contributed by atoms with E-state index in [4.69, 9.17) is 4.74 Å². The van der Waals surface area contributed by atoms with Crippen LogP contribution in [0.1, 0.15) is 5.56 Å². The maximum atomic E-state index is 5.11. The molecular formula is C10H10OS. The Morgan fingerprint density at radius 2 is 2.25 bits per heavy atom. The monoisotopic (exact) mass is 178 g/mol. The van der Waals surface area contributed by atoms with Crippen molar-refractivity contribution in [2.45, 2.75) is 6.61 Å². The van der Waals surface area contributed by atoms with Gasteiger partial charge in [-0.1, -0.05) is 12.1 Å². The predicted octanol–water partition coefficient (Wildman–Crippen LogP) is 3.05. The van der Waals surface area contributed by atoms with Crippen molar-refractivity contribution in [1.82, 2.24) is 0 Å². The summed E-state index contributed by atoms with van der Waals surface area (Å²) in [4.78, 5) is 0. The zero-order chi connectivity index (χ0) is 8.39. The maximum absolute atomic E-state index is 5.11. The molecule has 0 spiro atoms. The smallest absolute Gasteiger partial charge is 0.0719 e. The van der Waals surface area contributed by atoms with Crippen molar-refractivity contribution < 1.29 is 4.74 Å². The summed E-state index contributed by atoms with van der Waals surface area (Å²) in [6.07, 6.45) is 0. The van der Waals surface area contributed by atoms with Crippen molar-refractivity contribution >= 4 is 21.4 Å². The van der Waals surface area contributed by atoms with Crippen LogP contribution in [0.5, 0.6) is 0 Å². The van der Waals surface area contributed by atoms with Gasteiger partial charge in [-0.15, -0.1) is 11.3 Å². The topological polar surface area (TPSA) is 9.23 Å². The van der Waals surface area contributed by atoms with Gasteiger partial charge in [0, 0.05) is 11.8 Å². The molecule has 0 aliphatic heterocycles. The van der Waals surface area contributed by atoms with Gasteiger partial charge in [-0.05, 0) is 28.5 Å². The number of hydrogen-bond acceptors (Lipinski definition) is 2. The van der Waals surface area contributed by atoms with Crippen molar-refractivity contribution in [2.24, 2.45) is 0 Å². The highest BCUT2D eigenvalue weighted by atomic mass is 32.1. The largest absolute Gasteiger partial charge is 0.380 e. The van der Waals surface area contributed by atoms with Crippen LogP contribution in [0.3, 0.4) is 0 Å². The number of fused-ring (bicyclic) bond motifs is 1. The van der Waals surface area contributed by atoms with Gasteiger partial charge in [0.15, 0.2) is 0 Å². The first-order valence-corrected chi connectivity index (χ1v) is 4.74. The van der Waals surface area contributed by atoms with E-state index in [9.17, 15) is 0 Å². The average molecular weight is 178 g/mol. The standard InChI is InChI=1S/C10H10OS/c1-11-7-8-3-2-4-10-9(8)5-6-12-10/h2-6H,7H2,1H3. The van der Waals surface area contributed by atoms with E-state index < -0.39 is 0 Å². The molecule has 0 aliphatic carbocycles. The fourth-order valence-electron chi connectivity index (χ4n) is 1.34. The lowest BCUT2D eigenvalue weighted by molar-refractivity contribution is 0.186. The lowest BCUT2D eigenvalue weighted by Gasteiger charge is -2.00. The molecule has 0 bridgehead atoms. The zero-order valence-corrected chi connectivity index (χ0v) is 7.73. The third-order valence-electron chi connectivity index (χ3n) is 1.89. The Morgan fingerprint density at radius 3 is 3.08 bits per heavy atom. The second kappa shape index (κ2) is 3.25. The van der Waals surface area contributed by atoms with Gasteiger partial charge >= 0.3 is 0 Å². The molecule has 0 saturated carbocycles. The first-order chi connectivity index (χ1) is 5.92. The van der Waals surface area contributed by atoms with E-state index in [0.29, 0.717) is 6.61 Å². The Bertz CT molecular complexity index is 378. The molecule has 0 fully saturated rings. The van der Waals surface area contributed by atoms with Gasteiger partial charge in [-0.2, -0.15) is 0 Å². The van der Waals surface area contributed by atoms with Crippen LogP contribution < -0.4 is 0 Å². The van der Waals surface area contributed by atoms with Gasteiger partial charge in [0.05, 0.1) is 6.61 Å². The van der Waals surface area contributed by atoms with Gasteiger partial charge in [0.25, 0.3) is 0 Å². The highest BCUT2D eigenvalue weighted by Gasteiger charge is 1.99. The van der Waals surface area contributed by atoms with E-state index in [-0.39, 0.29) is 0 Å². The van der Waals surface area contributed by atoms with Crippen LogP contribution in [0, 0.1) is 0 Å². The lowest BCUT2D eigenvalue weighted by atomic mass is 10.1. The maximum Gasteiger partial charge on any atom is 0.0719 e. The van der Waals surface area contributed by atoms with Crippen LogP contribution in [0.2, 0.25) is 0 Å². The number of benzene rings is 1. The third-order valence-corrected chi connectivity index (χ3v) is 2.77. The number of thiophene rings is 1. The van der Waals surface area contributed by atoms with Crippen molar-refractivity contribution in [1.29, 1.82) is 0 Å². The molecule has 12 heavy (non-hydrogen) atoms. The van der Waals surface area contributed by atoms with E-state index in [1.54, 1.807) is 18.4 Å². The number of methoxy groups -OCH3 is 1. The molecule has 1 aromatic heterocycles. The first kappa shape index (κ1) is 7.77. The molecule has 0 N–H and O–H groups in total. The summed E-state index contributed by atoms with van der Waals surface area (Å²) in [7, 11) is 1.73. The van der Waals surface area contributed by atoms with Crippen molar-refractivity contribution in [2.75, 3.05) is 7.11 Å². The van der Waals surface area contributed by atoms with Crippen LogP contribution in [0.15, 0.2) is 29.6 Å². The molecule has 1 heterocycles. The summed E-state index contributed by atoms with van der Waals surface area (Å²) in [5.41, 5.74) is 1.27. The van der Waals surface area contributed by atoms with Crippen molar-refractivity contribution in [3.63, 3.8) is 0 Å². The Morgan fingerprint density at radius 1 is 1.33 bits per heavy atom. The summed E-state index contributed by atoms with van der Waals surface area (Å²) in [6, 6.07) is 8.47. The summed E-state index contributed by atoms with van der Waals surface area (Å²) >= 11 is 1.77. The number of ether oxygens (including phenoxy) is 1. The van der Waals surface area contributed by atoms with Gasteiger partial charge < -0.3 is 4.74 Å². The van der Waals surface area contributed by atoms with E-state index >= 15 is 0 Å². The number of hydrogen-bond donors (Lipinski definition) is 0. The highest BCUT2D eigenvalue weighted by Crippen LogP contribution is 2.24. The quantitative estimate of drug-likeness (QED) is 0.686. The molecule has 0 saturated heterocycles. The minimum Gasteiger partial charge on any atom is -0.380 e. The summed E-state index contributed by atoms with van der Waals surface area (Å²) in [5, 5.41) is 3.44. The molecule has 1 nitrogen and oxygen atoms in total. The van der Waals surface area contributed by atoms with Crippen LogP contribution >= 0.6 is 11.3 Å². The second-order valence-electron chi connectivity index (χ2n) is 2.68. The van der Waals surface area contributed by atoms with Crippen LogP contribution in [-0.4, -0.2) is 7.11 Å².